The van der Waals surface area contributed by atoms with Gasteiger partial charge in [0.15, 0.2) is 0 Å². The molecule has 0 spiro atoms. The van der Waals surface area contributed by atoms with E-state index in [1.54, 1.807) is 0 Å². The molecule has 2 heteroatoms. The van der Waals surface area contributed by atoms with Gasteiger partial charge in [0.1, 0.15) is 0 Å². The van der Waals surface area contributed by atoms with Gasteiger partial charge in [-0.2, -0.15) is 0 Å². The highest BCUT2D eigenvalue weighted by Crippen LogP contribution is 2.34. The summed E-state index contributed by atoms with van der Waals surface area (Å²) >= 11 is 0. The molecule has 0 aromatic heterocycles. The molecule has 1 fully saturated rings. The molecule has 0 saturated heterocycles. The minimum absolute atomic E-state index is 0.180. The quantitative estimate of drug-likeness (QED) is 0.669. The van der Waals surface area contributed by atoms with Crippen molar-refractivity contribution in [1.29, 1.82) is 0 Å². The number of rotatable bonds is 8. The van der Waals surface area contributed by atoms with Crippen molar-refractivity contribution in [3.8, 4) is 0 Å². The van der Waals surface area contributed by atoms with Crippen LogP contribution in [0.3, 0.4) is 0 Å². The number of hydrogen-bond donors (Lipinski definition) is 1. The predicted molar refractivity (Wildman–Crippen MR) is 65.2 cm³/mol. The van der Waals surface area contributed by atoms with E-state index in [1.807, 2.05) is 7.11 Å². The van der Waals surface area contributed by atoms with Crippen molar-refractivity contribution < 1.29 is 4.74 Å². The maximum Gasteiger partial charge on any atom is 0.0802 e. The van der Waals surface area contributed by atoms with Crippen LogP contribution in [-0.2, 0) is 4.74 Å². The molecule has 1 rings (SSSR count). The summed E-state index contributed by atoms with van der Waals surface area (Å²) in [6.45, 7) is 5.58. The van der Waals surface area contributed by atoms with Gasteiger partial charge in [0.2, 0.25) is 0 Å². The number of hydrogen-bond acceptors (Lipinski definition) is 2. The van der Waals surface area contributed by atoms with Crippen LogP contribution in [0.5, 0.6) is 0 Å². The Morgan fingerprint density at radius 2 is 1.80 bits per heavy atom. The highest BCUT2D eigenvalue weighted by molar-refractivity contribution is 4.92. The van der Waals surface area contributed by atoms with Crippen LogP contribution >= 0.6 is 0 Å². The van der Waals surface area contributed by atoms with Crippen molar-refractivity contribution in [2.24, 2.45) is 0 Å². The van der Waals surface area contributed by atoms with Crippen molar-refractivity contribution in [3.63, 3.8) is 0 Å². The summed E-state index contributed by atoms with van der Waals surface area (Å²) in [5.74, 6) is 0. The van der Waals surface area contributed by atoms with Crippen LogP contribution in [0, 0.1) is 0 Å². The average Bonchev–Trinajstić information content (AvgIpc) is 2.17. The lowest BCUT2D eigenvalue weighted by atomic mass is 9.79. The molecule has 1 aliphatic rings. The average molecular weight is 213 g/mol. The summed E-state index contributed by atoms with van der Waals surface area (Å²) in [4.78, 5) is 0. The van der Waals surface area contributed by atoms with E-state index in [-0.39, 0.29) is 5.60 Å². The van der Waals surface area contributed by atoms with Crippen molar-refractivity contribution >= 4 is 0 Å². The van der Waals surface area contributed by atoms with Gasteiger partial charge >= 0.3 is 0 Å². The molecule has 0 amide bonds. The summed E-state index contributed by atoms with van der Waals surface area (Å²) in [5, 5.41) is 3.69. The van der Waals surface area contributed by atoms with Crippen LogP contribution in [-0.4, -0.2) is 25.3 Å². The molecule has 1 saturated carbocycles. The Kier molecular flexibility index (Phi) is 5.62. The first kappa shape index (κ1) is 13.0. The molecule has 2 nitrogen and oxygen atoms in total. The third kappa shape index (κ3) is 3.76. The van der Waals surface area contributed by atoms with Gasteiger partial charge in [0.05, 0.1) is 5.60 Å². The predicted octanol–water partition coefficient (Wildman–Crippen LogP) is 3.11. The van der Waals surface area contributed by atoms with Crippen molar-refractivity contribution in [3.05, 3.63) is 0 Å². The molecule has 0 atom stereocenters. The summed E-state index contributed by atoms with van der Waals surface area (Å²) in [6, 6.07) is 0.702. The molecule has 0 aliphatic heterocycles. The van der Waals surface area contributed by atoms with Gasteiger partial charge in [-0.3, -0.25) is 0 Å². The highest BCUT2D eigenvalue weighted by atomic mass is 16.5. The maximum absolute atomic E-state index is 5.62. The zero-order valence-corrected chi connectivity index (χ0v) is 10.6. The second-order valence-corrected chi connectivity index (χ2v) is 4.90. The lowest BCUT2D eigenvalue weighted by Gasteiger charge is -2.41. The Morgan fingerprint density at radius 1 is 1.20 bits per heavy atom. The molecule has 0 aromatic rings. The fraction of sp³-hybridized carbons (Fsp3) is 1.00. The fourth-order valence-electron chi connectivity index (χ4n) is 2.40. The summed E-state index contributed by atoms with van der Waals surface area (Å²) in [7, 11) is 1.86. The van der Waals surface area contributed by atoms with Gasteiger partial charge in [-0.25, -0.2) is 0 Å². The van der Waals surface area contributed by atoms with E-state index in [9.17, 15) is 0 Å². The Labute approximate surface area is 94.8 Å². The van der Waals surface area contributed by atoms with E-state index in [0.29, 0.717) is 6.04 Å². The van der Waals surface area contributed by atoms with Gasteiger partial charge < -0.3 is 10.1 Å². The molecule has 0 aromatic carbocycles. The SMILES string of the molecule is CCCC(CCC)NCC1(OC)CCC1. The molecule has 1 N–H and O–H groups in total. The van der Waals surface area contributed by atoms with E-state index in [4.69, 9.17) is 4.74 Å². The molecule has 15 heavy (non-hydrogen) atoms. The van der Waals surface area contributed by atoms with Crippen LogP contribution in [0.1, 0.15) is 58.8 Å². The largest absolute Gasteiger partial charge is 0.377 e. The normalized spacial score (nSPS) is 19.2. The Bertz CT molecular complexity index is 154. The molecule has 0 bridgehead atoms. The van der Waals surface area contributed by atoms with Crippen LogP contribution in [0.2, 0.25) is 0 Å². The van der Waals surface area contributed by atoms with Gasteiger partial charge in [0, 0.05) is 19.7 Å². The smallest absolute Gasteiger partial charge is 0.0802 e. The molecular weight excluding hydrogens is 186 g/mol. The van der Waals surface area contributed by atoms with Crippen molar-refractivity contribution in [1.82, 2.24) is 5.32 Å². The second-order valence-electron chi connectivity index (χ2n) is 4.90. The van der Waals surface area contributed by atoms with Crippen LogP contribution < -0.4 is 5.32 Å². The molecule has 0 unspecified atom stereocenters. The number of methoxy groups -OCH3 is 1. The van der Waals surface area contributed by atoms with Gasteiger partial charge in [-0.05, 0) is 32.1 Å². The Balaban J connectivity index is 2.25. The lowest BCUT2D eigenvalue weighted by Crippen LogP contribution is -2.50. The van der Waals surface area contributed by atoms with E-state index in [0.717, 1.165) is 6.54 Å². The minimum Gasteiger partial charge on any atom is -0.377 e. The third-order valence-electron chi connectivity index (χ3n) is 3.68. The highest BCUT2D eigenvalue weighted by Gasteiger charge is 2.36. The zero-order valence-electron chi connectivity index (χ0n) is 10.6. The van der Waals surface area contributed by atoms with Gasteiger partial charge in [0.25, 0.3) is 0 Å². The summed E-state index contributed by atoms with van der Waals surface area (Å²) in [5.41, 5.74) is 0.180. The molecule has 1 aliphatic carbocycles. The monoisotopic (exact) mass is 213 g/mol. The zero-order chi connectivity index (χ0) is 11.1. The van der Waals surface area contributed by atoms with Crippen molar-refractivity contribution in [2.75, 3.05) is 13.7 Å². The standard InChI is InChI=1S/C13H27NO/c1-4-7-12(8-5-2)14-11-13(15-3)9-6-10-13/h12,14H,4-11H2,1-3H3. The first-order chi connectivity index (χ1) is 7.26. The summed E-state index contributed by atoms with van der Waals surface area (Å²) < 4.78 is 5.62. The van der Waals surface area contributed by atoms with E-state index in [2.05, 4.69) is 19.2 Å². The first-order valence-corrected chi connectivity index (χ1v) is 6.55. The number of nitrogens with one attached hydrogen (secondary N) is 1. The van der Waals surface area contributed by atoms with Gasteiger partial charge in [-0.15, -0.1) is 0 Å². The molecule has 0 radical (unpaired) electrons. The van der Waals surface area contributed by atoms with Crippen LogP contribution in [0.4, 0.5) is 0 Å². The minimum atomic E-state index is 0.180. The molecule has 90 valence electrons. The van der Waals surface area contributed by atoms with E-state index < -0.39 is 0 Å². The third-order valence-corrected chi connectivity index (χ3v) is 3.68. The van der Waals surface area contributed by atoms with Gasteiger partial charge in [-0.1, -0.05) is 26.7 Å². The summed E-state index contributed by atoms with van der Waals surface area (Å²) in [6.07, 6.45) is 8.96. The topological polar surface area (TPSA) is 21.3 Å². The second kappa shape index (κ2) is 6.49. The fourth-order valence-corrected chi connectivity index (χ4v) is 2.40. The van der Waals surface area contributed by atoms with Crippen LogP contribution in [0.15, 0.2) is 0 Å². The first-order valence-electron chi connectivity index (χ1n) is 6.55. The molecular formula is C13H27NO. The Morgan fingerprint density at radius 3 is 2.13 bits per heavy atom. The van der Waals surface area contributed by atoms with Crippen LogP contribution in [0.25, 0.3) is 0 Å². The Hall–Kier alpha value is -0.0800. The van der Waals surface area contributed by atoms with E-state index >= 15 is 0 Å². The lowest BCUT2D eigenvalue weighted by molar-refractivity contribution is -0.0711. The molecule has 0 heterocycles. The number of ether oxygens (including phenoxy) is 1. The van der Waals surface area contributed by atoms with E-state index in [1.165, 1.54) is 44.9 Å². The maximum atomic E-state index is 5.62. The van der Waals surface area contributed by atoms with Crippen molar-refractivity contribution in [2.45, 2.75) is 70.4 Å².